The van der Waals surface area contributed by atoms with Gasteiger partial charge in [-0.05, 0) is 143 Å². The number of carbonyl (C=O) groups excluding carboxylic acids is 1. The smallest absolute Gasteiger partial charge is 0.241 e. The van der Waals surface area contributed by atoms with Gasteiger partial charge in [0.1, 0.15) is 6.67 Å². The number of halogens is 1. The first kappa shape index (κ1) is 68.9. The molecule has 3 atom stereocenters. The predicted molar refractivity (Wildman–Crippen MR) is 363 cm³/mol. The Labute approximate surface area is 534 Å². The van der Waals surface area contributed by atoms with Gasteiger partial charge in [-0.2, -0.15) is 5.10 Å². The monoisotopic (exact) mass is 1220 g/mol. The second-order valence-corrected chi connectivity index (χ2v) is 27.4. The molecule has 89 heavy (non-hydrogen) atoms. The van der Waals surface area contributed by atoms with E-state index in [1.807, 2.05) is 48.4 Å². The van der Waals surface area contributed by atoms with Crippen molar-refractivity contribution in [3.63, 3.8) is 0 Å². The van der Waals surface area contributed by atoms with Crippen LogP contribution in [0.25, 0.3) is 0 Å². The van der Waals surface area contributed by atoms with Gasteiger partial charge in [0.05, 0.1) is 85.1 Å². The molecule has 0 aliphatic carbocycles. The molecule has 19 heteroatoms. The Morgan fingerprint density at radius 2 is 0.921 bits per heavy atom. The molecule has 5 aromatic rings. The van der Waals surface area contributed by atoms with E-state index in [-0.39, 0.29) is 18.6 Å². The van der Waals surface area contributed by atoms with Crippen molar-refractivity contribution >= 4 is 34.5 Å². The van der Waals surface area contributed by atoms with Gasteiger partial charge in [-0.3, -0.25) is 39.4 Å². The molecule has 7 aliphatic heterocycles. The van der Waals surface area contributed by atoms with E-state index in [0.29, 0.717) is 42.2 Å². The first-order valence-electron chi connectivity index (χ1n) is 33.3. The third-order valence-corrected chi connectivity index (χ3v) is 18.6. The lowest BCUT2D eigenvalue weighted by atomic mass is 10.0. The molecular weight excluding hydrogens is 1120 g/mol. The van der Waals surface area contributed by atoms with Crippen LogP contribution < -0.4 is 24.5 Å². The van der Waals surface area contributed by atoms with E-state index in [0.717, 1.165) is 138 Å². The van der Waals surface area contributed by atoms with Crippen molar-refractivity contribution in [1.82, 2.24) is 54.6 Å². The van der Waals surface area contributed by atoms with E-state index in [4.69, 9.17) is 4.74 Å². The van der Waals surface area contributed by atoms with Crippen molar-refractivity contribution in [1.29, 1.82) is 0 Å². The van der Waals surface area contributed by atoms with E-state index in [1.165, 1.54) is 61.9 Å². The van der Waals surface area contributed by atoms with Crippen molar-refractivity contribution in [3.8, 4) is 0 Å². The maximum absolute atomic E-state index is 12.9. The van der Waals surface area contributed by atoms with E-state index >= 15 is 0 Å². The van der Waals surface area contributed by atoms with Gasteiger partial charge in [0.15, 0.2) is 5.82 Å². The first-order chi connectivity index (χ1) is 42.7. The molecular formula is C70H109FN16O2. The number of fused-ring (bicyclic) bond motifs is 1. The predicted octanol–water partition coefficient (Wildman–Crippen LogP) is 9.45. The van der Waals surface area contributed by atoms with Gasteiger partial charge in [0, 0.05) is 127 Å². The van der Waals surface area contributed by atoms with Gasteiger partial charge < -0.3 is 39.0 Å². The fourth-order valence-electron chi connectivity index (χ4n) is 12.4. The Kier molecular flexibility index (Phi) is 25.9. The maximum atomic E-state index is 12.9. The molecule has 0 N–H and O–H groups in total. The Balaban J connectivity index is 0.000000144. The van der Waals surface area contributed by atoms with Crippen LogP contribution in [0.5, 0.6) is 0 Å². The third-order valence-electron chi connectivity index (χ3n) is 18.6. The number of alkyl halides is 1. The summed E-state index contributed by atoms with van der Waals surface area (Å²) in [6.45, 7) is 41.6. The Bertz CT molecular complexity index is 2840. The van der Waals surface area contributed by atoms with Crippen LogP contribution in [-0.2, 0) is 9.53 Å². The summed E-state index contributed by atoms with van der Waals surface area (Å²) < 4.78 is 18.2. The van der Waals surface area contributed by atoms with E-state index in [1.54, 1.807) is 6.20 Å². The molecule has 18 nitrogen and oxygen atoms in total. The largest absolute Gasteiger partial charge is 0.378 e. The van der Waals surface area contributed by atoms with Gasteiger partial charge in [0.2, 0.25) is 5.91 Å². The zero-order valence-electron chi connectivity index (χ0n) is 56.7. The van der Waals surface area contributed by atoms with Crippen molar-refractivity contribution < 1.29 is 13.9 Å². The highest BCUT2D eigenvalue weighted by Gasteiger charge is 2.39. The number of hydrogen-bond donors (Lipinski definition) is 0. The Hall–Kier alpha value is -5.96. The number of rotatable bonds is 12. The number of likely N-dealkylation sites (tertiary alicyclic amines) is 1. The van der Waals surface area contributed by atoms with Gasteiger partial charge in [-0.25, -0.2) is 4.39 Å². The first-order valence-corrected chi connectivity index (χ1v) is 33.3. The molecule has 7 aliphatic rings. The van der Waals surface area contributed by atoms with Crippen molar-refractivity contribution in [2.75, 3.05) is 190 Å². The molecule has 488 valence electrons. The summed E-state index contributed by atoms with van der Waals surface area (Å²) in [7, 11) is 8.39. The van der Waals surface area contributed by atoms with Crippen molar-refractivity contribution in [3.05, 3.63) is 114 Å². The highest BCUT2D eigenvalue weighted by Crippen LogP contribution is 2.34. The molecule has 0 spiro atoms. The average molecular weight is 1230 g/mol. The summed E-state index contributed by atoms with van der Waals surface area (Å²) in [6.07, 6.45) is 9.04. The summed E-state index contributed by atoms with van der Waals surface area (Å²) >= 11 is 0. The van der Waals surface area contributed by atoms with Gasteiger partial charge in [-0.1, -0.05) is 69.2 Å². The minimum atomic E-state index is -0.287. The summed E-state index contributed by atoms with van der Waals surface area (Å²) in [6, 6.07) is 21.8. The molecule has 12 rings (SSSR count). The molecule has 7 fully saturated rings. The SMILES string of the molecule is CC(C)c1ccc(N2CC3CN(C)CC3C2)cn1.CC(C)c1ccc(N2CCCN(C)CC2)cn1.CC(C)c1ccc(N2CCN(C)C(CF)C2)cn1.CC(C)c1ccc(N2CCN(C)CC2=O)cn1.CC(C)c1ccc(N2CCN(C3COC3)CC2)nn1. The highest BCUT2D eigenvalue weighted by molar-refractivity contribution is 5.95. The number of nitrogens with zero attached hydrogens (tertiary/aromatic N) is 16. The quantitative estimate of drug-likeness (QED) is 0.117. The average Bonchev–Trinajstić information content (AvgIpc) is 1.95. The molecule has 12 heterocycles. The topological polar surface area (TPSA) is 136 Å². The van der Waals surface area contributed by atoms with Gasteiger partial charge >= 0.3 is 0 Å². The second kappa shape index (κ2) is 33.4. The molecule has 3 unspecified atom stereocenters. The Morgan fingerprint density at radius 3 is 1.37 bits per heavy atom. The summed E-state index contributed by atoms with van der Waals surface area (Å²) in [5.41, 5.74) is 10.2. The highest BCUT2D eigenvalue weighted by atomic mass is 19.1. The number of ether oxygens (including phenoxy) is 1. The van der Waals surface area contributed by atoms with Crippen LogP contribution in [0.1, 0.15) is 134 Å². The minimum absolute atomic E-state index is 0.00326. The number of aromatic nitrogens is 6. The van der Waals surface area contributed by atoms with Crippen LogP contribution in [0.2, 0.25) is 0 Å². The van der Waals surface area contributed by atoms with Crippen molar-refractivity contribution in [2.45, 2.75) is 117 Å². The normalized spacial score (nSPS) is 21.6. The lowest BCUT2D eigenvalue weighted by molar-refractivity contribution is -0.120. The van der Waals surface area contributed by atoms with Crippen molar-refractivity contribution in [2.24, 2.45) is 11.8 Å². The molecule has 1 amide bonds. The number of hydrogen-bond acceptors (Lipinski definition) is 17. The fourth-order valence-corrected chi connectivity index (χ4v) is 12.4. The summed E-state index contributed by atoms with van der Waals surface area (Å²) in [4.78, 5) is 52.7. The maximum Gasteiger partial charge on any atom is 0.241 e. The van der Waals surface area contributed by atoms with Crippen LogP contribution >= 0.6 is 0 Å². The number of amides is 1. The van der Waals surface area contributed by atoms with Crippen LogP contribution in [0, 0.1) is 11.8 Å². The number of anilines is 5. The van der Waals surface area contributed by atoms with Gasteiger partial charge in [0.25, 0.3) is 0 Å². The van der Waals surface area contributed by atoms with Gasteiger partial charge in [-0.15, -0.1) is 5.10 Å². The number of piperazine rings is 3. The lowest BCUT2D eigenvalue weighted by Crippen LogP contribution is -2.56. The molecule has 0 bridgehead atoms. The van der Waals surface area contributed by atoms with E-state index in [2.05, 4.69) is 207 Å². The Morgan fingerprint density at radius 1 is 0.449 bits per heavy atom. The molecule has 0 saturated carbocycles. The minimum Gasteiger partial charge on any atom is -0.378 e. The van der Waals surface area contributed by atoms with Crippen LogP contribution in [0.4, 0.5) is 33.0 Å². The number of carbonyl (C=O) groups is 1. The van der Waals surface area contributed by atoms with Crippen LogP contribution in [0.3, 0.4) is 0 Å². The number of likely N-dealkylation sites (N-methyl/N-ethyl adjacent to an activating group) is 3. The lowest BCUT2D eigenvalue weighted by Gasteiger charge is -2.42. The zero-order valence-corrected chi connectivity index (χ0v) is 56.7. The molecule has 0 radical (unpaired) electrons. The second-order valence-electron chi connectivity index (χ2n) is 27.4. The fraction of sp³-hybridized carbons (Fsp3) is 0.643. The standard InChI is InChI=1S/C15H23N3.C14H22FN3.C14H22N4O.C14H23N3.C13H19N3O/c1-11(2)15-5-4-14(6-16-15)18-9-12-7-17(3)8-13(12)10-18;1-11(2)14-5-4-12(9-16-14)18-7-6-17(3)13(8-15)10-18;1-11(2)13-3-4-14(16-15-13)18-7-5-17(6-8-18)12-9-19-10-12;1-12(2)14-6-5-13(11-15-14)17-8-4-7-16(3)9-10-17;1-10(2)12-5-4-11(8-14-12)16-7-6-15(3)9-13(16)17/h4-6,11-13H,7-10H2,1-3H3;4-5,9,11,13H,6-8,10H2,1-3H3;3-4,11-12H,5-10H2,1-2H3;5-6,11-12H,4,7-10H2,1-3H3;4-5,8,10H,6-7,9H2,1-3H3. The van der Waals surface area contributed by atoms with E-state index < -0.39 is 0 Å². The molecule has 0 aromatic carbocycles. The molecule has 5 aromatic heterocycles. The summed E-state index contributed by atoms with van der Waals surface area (Å²) in [5.74, 6) is 5.23. The van der Waals surface area contributed by atoms with Crippen LogP contribution in [-0.4, -0.2) is 239 Å². The van der Waals surface area contributed by atoms with Crippen LogP contribution in [0.15, 0.2) is 85.5 Å². The van der Waals surface area contributed by atoms with E-state index in [9.17, 15) is 9.18 Å². The zero-order chi connectivity index (χ0) is 63.7. The summed E-state index contributed by atoms with van der Waals surface area (Å²) in [5, 5.41) is 8.67. The third kappa shape index (κ3) is 19.8. The number of pyridine rings is 4. The molecule has 7 saturated heterocycles.